The predicted molar refractivity (Wildman–Crippen MR) is 81.0 cm³/mol. The van der Waals surface area contributed by atoms with E-state index in [9.17, 15) is 4.79 Å². The second-order valence-corrected chi connectivity index (χ2v) is 4.66. The summed E-state index contributed by atoms with van der Waals surface area (Å²) in [5.74, 6) is 0.582. The van der Waals surface area contributed by atoms with Gasteiger partial charge in [-0.05, 0) is 48.5 Å². The molecule has 0 radical (unpaired) electrons. The molecule has 3 N–H and O–H groups in total. The number of hydrogen-bond donors (Lipinski definition) is 2. The summed E-state index contributed by atoms with van der Waals surface area (Å²) in [5, 5.41) is 3.42. The minimum absolute atomic E-state index is 0.108. The lowest BCUT2D eigenvalue weighted by atomic mass is 10.3. The number of hydrogen-bond acceptors (Lipinski definition) is 3. The van der Waals surface area contributed by atoms with Crippen molar-refractivity contribution in [3.8, 4) is 5.75 Å². The number of anilines is 2. The third-order valence-electron chi connectivity index (χ3n) is 2.61. The molecule has 0 fully saturated rings. The molecule has 0 bridgehead atoms. The Balaban J connectivity index is 1.75. The number of benzene rings is 2. The van der Waals surface area contributed by atoms with Gasteiger partial charge in [-0.1, -0.05) is 11.6 Å². The van der Waals surface area contributed by atoms with Crippen LogP contribution in [0.15, 0.2) is 48.5 Å². The Morgan fingerprint density at radius 3 is 2.40 bits per heavy atom. The third kappa shape index (κ3) is 4.48. The van der Waals surface area contributed by atoms with Crippen molar-refractivity contribution in [2.45, 2.75) is 6.42 Å². The number of ether oxygens (including phenoxy) is 1. The molecule has 20 heavy (non-hydrogen) atoms. The number of rotatable bonds is 5. The van der Waals surface area contributed by atoms with Crippen LogP contribution in [0.1, 0.15) is 6.42 Å². The molecule has 0 unspecified atom stereocenters. The highest BCUT2D eigenvalue weighted by Crippen LogP contribution is 2.16. The van der Waals surface area contributed by atoms with Crippen molar-refractivity contribution in [1.82, 2.24) is 0 Å². The maximum absolute atomic E-state index is 11.7. The zero-order chi connectivity index (χ0) is 14.4. The van der Waals surface area contributed by atoms with Crippen molar-refractivity contribution in [2.75, 3.05) is 17.7 Å². The summed E-state index contributed by atoms with van der Waals surface area (Å²) >= 11 is 5.77. The summed E-state index contributed by atoms with van der Waals surface area (Å²) in [6.45, 7) is 0.308. The predicted octanol–water partition coefficient (Wildman–Crippen LogP) is 3.33. The fraction of sp³-hybridized carbons (Fsp3) is 0.133. The molecular weight excluding hydrogens is 276 g/mol. The molecule has 2 aromatic rings. The average molecular weight is 291 g/mol. The highest BCUT2D eigenvalue weighted by atomic mass is 35.5. The van der Waals surface area contributed by atoms with Gasteiger partial charge in [-0.2, -0.15) is 0 Å². The fourth-order valence-electron chi connectivity index (χ4n) is 1.58. The van der Waals surface area contributed by atoms with Crippen LogP contribution in [0.25, 0.3) is 0 Å². The molecule has 0 aliphatic rings. The zero-order valence-corrected chi connectivity index (χ0v) is 11.6. The molecule has 2 aromatic carbocycles. The molecule has 2 rings (SSSR count). The zero-order valence-electron chi connectivity index (χ0n) is 10.8. The first-order valence-corrected chi connectivity index (χ1v) is 6.55. The monoisotopic (exact) mass is 290 g/mol. The van der Waals surface area contributed by atoms with E-state index in [2.05, 4.69) is 5.32 Å². The lowest BCUT2D eigenvalue weighted by Gasteiger charge is -2.07. The molecule has 5 heteroatoms. The molecule has 104 valence electrons. The number of carbonyl (C=O) groups is 1. The molecule has 4 nitrogen and oxygen atoms in total. The fourth-order valence-corrected chi connectivity index (χ4v) is 1.71. The normalized spacial score (nSPS) is 10.1. The van der Waals surface area contributed by atoms with Gasteiger partial charge in [0.25, 0.3) is 0 Å². The molecule has 1 amide bonds. The highest BCUT2D eigenvalue weighted by Gasteiger charge is 2.03. The van der Waals surface area contributed by atoms with E-state index < -0.39 is 0 Å². The minimum Gasteiger partial charge on any atom is -0.493 e. The van der Waals surface area contributed by atoms with E-state index in [-0.39, 0.29) is 12.3 Å². The number of nitrogens with two attached hydrogens (primary N) is 1. The van der Waals surface area contributed by atoms with Crippen LogP contribution in [0.2, 0.25) is 5.02 Å². The molecule has 0 atom stereocenters. The van der Waals surface area contributed by atoms with Crippen LogP contribution in [0, 0.1) is 0 Å². The Labute approximate surface area is 122 Å². The van der Waals surface area contributed by atoms with Crippen LogP contribution >= 0.6 is 11.6 Å². The number of carbonyl (C=O) groups excluding carboxylic acids is 1. The van der Waals surface area contributed by atoms with Crippen LogP contribution in [-0.4, -0.2) is 12.5 Å². The largest absolute Gasteiger partial charge is 0.493 e. The van der Waals surface area contributed by atoms with E-state index in [0.29, 0.717) is 23.1 Å². The van der Waals surface area contributed by atoms with Crippen molar-refractivity contribution in [1.29, 1.82) is 0 Å². The Morgan fingerprint density at radius 1 is 1.10 bits per heavy atom. The summed E-state index contributed by atoms with van der Waals surface area (Å²) in [4.78, 5) is 11.7. The SMILES string of the molecule is Nc1ccc(NC(=O)CCOc2ccc(Cl)cc2)cc1. The van der Waals surface area contributed by atoms with Gasteiger partial charge in [-0.25, -0.2) is 0 Å². The minimum atomic E-state index is -0.108. The maximum atomic E-state index is 11.7. The molecule has 0 saturated carbocycles. The van der Waals surface area contributed by atoms with Gasteiger partial charge in [-0.3, -0.25) is 4.79 Å². The third-order valence-corrected chi connectivity index (χ3v) is 2.86. The molecule has 0 aromatic heterocycles. The lowest BCUT2D eigenvalue weighted by Crippen LogP contribution is -2.15. The Bertz CT molecular complexity index is 567. The van der Waals surface area contributed by atoms with Crippen molar-refractivity contribution in [3.05, 3.63) is 53.6 Å². The first kappa shape index (κ1) is 14.2. The van der Waals surface area contributed by atoms with Gasteiger partial charge >= 0.3 is 0 Å². The maximum Gasteiger partial charge on any atom is 0.227 e. The second kappa shape index (κ2) is 6.82. The molecule has 0 heterocycles. The van der Waals surface area contributed by atoms with Crippen molar-refractivity contribution in [3.63, 3.8) is 0 Å². The summed E-state index contributed by atoms with van der Waals surface area (Å²) in [6, 6.07) is 14.0. The first-order valence-electron chi connectivity index (χ1n) is 6.17. The van der Waals surface area contributed by atoms with Gasteiger partial charge in [0.15, 0.2) is 0 Å². The van der Waals surface area contributed by atoms with Gasteiger partial charge in [0.05, 0.1) is 13.0 Å². The number of nitrogens with one attached hydrogen (secondary N) is 1. The van der Waals surface area contributed by atoms with Crippen molar-refractivity contribution >= 4 is 28.9 Å². The summed E-state index contributed by atoms with van der Waals surface area (Å²) in [6.07, 6.45) is 0.271. The number of nitrogen functional groups attached to an aromatic ring is 1. The Hall–Kier alpha value is -2.20. The summed E-state index contributed by atoms with van der Waals surface area (Å²) in [5.41, 5.74) is 6.95. The number of amides is 1. The number of halogens is 1. The Kier molecular flexibility index (Phi) is 4.85. The van der Waals surface area contributed by atoms with Gasteiger partial charge in [0, 0.05) is 16.4 Å². The van der Waals surface area contributed by atoms with E-state index in [1.54, 1.807) is 48.5 Å². The first-order chi connectivity index (χ1) is 9.63. The summed E-state index contributed by atoms with van der Waals surface area (Å²) in [7, 11) is 0. The van der Waals surface area contributed by atoms with E-state index >= 15 is 0 Å². The highest BCUT2D eigenvalue weighted by molar-refractivity contribution is 6.30. The van der Waals surface area contributed by atoms with Gasteiger partial charge < -0.3 is 15.8 Å². The van der Waals surface area contributed by atoms with Crippen LogP contribution in [0.3, 0.4) is 0 Å². The van der Waals surface area contributed by atoms with Crippen LogP contribution in [-0.2, 0) is 4.79 Å². The molecule has 0 spiro atoms. The van der Waals surface area contributed by atoms with E-state index in [1.807, 2.05) is 0 Å². The van der Waals surface area contributed by atoms with E-state index in [0.717, 1.165) is 5.69 Å². The Morgan fingerprint density at radius 2 is 1.75 bits per heavy atom. The lowest BCUT2D eigenvalue weighted by molar-refractivity contribution is -0.116. The van der Waals surface area contributed by atoms with E-state index in [1.165, 1.54) is 0 Å². The van der Waals surface area contributed by atoms with Gasteiger partial charge in [0.1, 0.15) is 5.75 Å². The molecular formula is C15H15ClN2O2. The van der Waals surface area contributed by atoms with Crippen LogP contribution < -0.4 is 15.8 Å². The smallest absolute Gasteiger partial charge is 0.227 e. The molecule has 0 saturated heterocycles. The quantitative estimate of drug-likeness (QED) is 0.830. The average Bonchev–Trinajstić information content (AvgIpc) is 2.44. The van der Waals surface area contributed by atoms with Crippen LogP contribution in [0.5, 0.6) is 5.75 Å². The van der Waals surface area contributed by atoms with Gasteiger partial charge in [-0.15, -0.1) is 0 Å². The second-order valence-electron chi connectivity index (χ2n) is 4.22. The van der Waals surface area contributed by atoms with Crippen molar-refractivity contribution in [2.24, 2.45) is 0 Å². The topological polar surface area (TPSA) is 64.3 Å². The standard InChI is InChI=1S/C15H15ClN2O2/c16-11-1-7-14(8-2-11)20-10-9-15(19)18-13-5-3-12(17)4-6-13/h1-8H,9-10,17H2,(H,18,19). The van der Waals surface area contributed by atoms with E-state index in [4.69, 9.17) is 22.1 Å². The van der Waals surface area contributed by atoms with Crippen LogP contribution in [0.4, 0.5) is 11.4 Å². The molecule has 0 aliphatic carbocycles. The molecule has 0 aliphatic heterocycles. The summed E-state index contributed by atoms with van der Waals surface area (Å²) < 4.78 is 5.45. The van der Waals surface area contributed by atoms with Crippen molar-refractivity contribution < 1.29 is 9.53 Å². The van der Waals surface area contributed by atoms with Gasteiger partial charge in [0.2, 0.25) is 5.91 Å².